The maximum Gasteiger partial charge on any atom is 0.238 e. The van der Waals surface area contributed by atoms with E-state index in [-0.39, 0.29) is 0 Å². The molecule has 0 aliphatic carbocycles. The van der Waals surface area contributed by atoms with Gasteiger partial charge in [0, 0.05) is 58.3 Å². The smallest absolute Gasteiger partial charge is 0.238 e. The van der Waals surface area contributed by atoms with Gasteiger partial charge >= 0.3 is 0 Å². The van der Waals surface area contributed by atoms with Crippen LogP contribution in [0.4, 0.5) is 11.4 Å². The highest BCUT2D eigenvalue weighted by atomic mass is 15.4. The first-order valence-electron chi connectivity index (χ1n) is 15.8. The number of allylic oxidation sites excluding steroid dienone is 5. The molecule has 0 saturated heterocycles. The predicted octanol–water partition coefficient (Wildman–Crippen LogP) is 8.02. The van der Waals surface area contributed by atoms with Gasteiger partial charge in [0.05, 0.1) is 11.9 Å². The fourth-order valence-corrected chi connectivity index (χ4v) is 4.74. The van der Waals surface area contributed by atoms with Gasteiger partial charge in [-0.05, 0) is 78.1 Å². The topological polar surface area (TPSA) is 37.5 Å². The van der Waals surface area contributed by atoms with Crippen LogP contribution >= 0.6 is 0 Å². The van der Waals surface area contributed by atoms with Gasteiger partial charge < -0.3 is 9.80 Å². The molecule has 0 bridgehead atoms. The normalized spacial score (nSPS) is 12.8. The van der Waals surface area contributed by atoms with E-state index >= 15 is 0 Å². The van der Waals surface area contributed by atoms with Gasteiger partial charge in [-0.2, -0.15) is 5.10 Å². The van der Waals surface area contributed by atoms with E-state index in [0.717, 1.165) is 45.0 Å². The lowest BCUT2D eigenvalue weighted by Crippen LogP contribution is -2.12. The highest BCUT2D eigenvalue weighted by molar-refractivity contribution is 6.05. The summed E-state index contributed by atoms with van der Waals surface area (Å²) in [5.74, 6) is 0. The average molecular weight is 624 g/mol. The molecule has 0 aliphatic rings. The Morgan fingerprint density at radius 2 is 1.06 bits per heavy atom. The first kappa shape index (κ1) is 34.4. The first-order valence-corrected chi connectivity index (χ1v) is 15.8. The van der Waals surface area contributed by atoms with Crippen molar-refractivity contribution in [3.05, 3.63) is 161 Å². The van der Waals surface area contributed by atoms with Gasteiger partial charge in [0.2, 0.25) is 5.71 Å². The zero-order chi connectivity index (χ0) is 33.8. The Hall–Kier alpha value is -5.49. The van der Waals surface area contributed by atoms with Crippen molar-refractivity contribution in [1.29, 1.82) is 0 Å². The lowest BCUT2D eigenvalue weighted by molar-refractivity contribution is -0.500. The number of rotatable bonds is 12. The maximum absolute atomic E-state index is 4.77. The molecule has 0 heterocycles. The number of aryl methyl sites for hydroxylation is 2. The van der Waals surface area contributed by atoms with E-state index in [0.29, 0.717) is 0 Å². The van der Waals surface area contributed by atoms with Crippen molar-refractivity contribution >= 4 is 35.2 Å². The van der Waals surface area contributed by atoms with Gasteiger partial charge in [0.25, 0.3) is 0 Å². The van der Waals surface area contributed by atoms with Crippen LogP contribution in [0, 0.1) is 13.8 Å². The standard InChI is InChI=1S/C41H47N6/c1-32-14-22-36(23-15-32)40(46(7)42-30-34-18-26-38(27-19-34)44(3)4)12-10-9-11-13-41(37-24-16-33(2)17-25-37)47(8)43-31-35-20-28-39(29-21-35)45(5)6/h9-31H,1-8H3/q+1. The van der Waals surface area contributed by atoms with Crippen molar-refractivity contribution in [3.8, 4) is 0 Å². The van der Waals surface area contributed by atoms with Crippen LogP contribution in [-0.2, 0) is 0 Å². The summed E-state index contributed by atoms with van der Waals surface area (Å²) in [7, 11) is 12.1. The molecule has 0 atom stereocenters. The van der Waals surface area contributed by atoms with Gasteiger partial charge in [-0.25, -0.2) is 0 Å². The molecule has 4 rings (SSSR count). The molecule has 0 unspecified atom stereocenters. The van der Waals surface area contributed by atoms with Crippen molar-refractivity contribution in [2.45, 2.75) is 13.8 Å². The number of hydrazone groups is 2. The summed E-state index contributed by atoms with van der Waals surface area (Å²) in [6.45, 7) is 4.20. The Morgan fingerprint density at radius 1 is 0.574 bits per heavy atom. The number of anilines is 2. The fraction of sp³-hybridized carbons (Fsp3) is 0.195. The molecular formula is C41H47N6+. The van der Waals surface area contributed by atoms with Crippen molar-refractivity contribution in [2.75, 3.05) is 52.1 Å². The summed E-state index contributed by atoms with van der Waals surface area (Å²) in [6.07, 6.45) is 14.1. The number of hydrogen-bond donors (Lipinski definition) is 0. The Balaban J connectivity index is 1.59. The van der Waals surface area contributed by atoms with Gasteiger partial charge in [-0.3, -0.25) is 5.01 Å². The molecule has 0 spiro atoms. The SMILES string of the molecule is Cc1ccc(C(=CC=CC=CC(c2ccc(C)cc2)=[N+](C)N=Cc2ccc(N(C)C)cc2)N(C)N=Cc2ccc(N(C)C)cc2)cc1. The van der Waals surface area contributed by atoms with Gasteiger partial charge in [-0.15, -0.1) is 0 Å². The fourth-order valence-electron chi connectivity index (χ4n) is 4.74. The monoisotopic (exact) mass is 623 g/mol. The van der Waals surface area contributed by atoms with Crippen LogP contribution in [0.25, 0.3) is 5.70 Å². The molecule has 0 fully saturated rings. The molecule has 0 aromatic heterocycles. The third-order valence-corrected chi connectivity index (χ3v) is 7.70. The average Bonchev–Trinajstić information content (AvgIpc) is 3.07. The van der Waals surface area contributed by atoms with Gasteiger partial charge in [0.15, 0.2) is 7.05 Å². The molecule has 0 saturated carbocycles. The zero-order valence-corrected chi connectivity index (χ0v) is 29.0. The summed E-state index contributed by atoms with van der Waals surface area (Å²) < 4.78 is 1.91. The summed E-state index contributed by atoms with van der Waals surface area (Å²) in [5.41, 5.74) is 11.0. The van der Waals surface area contributed by atoms with Crippen LogP contribution in [0.1, 0.15) is 33.4 Å². The Bertz CT molecular complexity index is 1770. The van der Waals surface area contributed by atoms with Crippen LogP contribution in [0.5, 0.6) is 0 Å². The van der Waals surface area contributed by atoms with Crippen LogP contribution in [0.15, 0.2) is 138 Å². The summed E-state index contributed by atoms with van der Waals surface area (Å²) in [5, 5.41) is 11.5. The molecule has 0 radical (unpaired) electrons. The molecule has 240 valence electrons. The largest absolute Gasteiger partial charge is 0.378 e. The van der Waals surface area contributed by atoms with E-state index in [1.807, 2.05) is 82.6 Å². The van der Waals surface area contributed by atoms with Crippen LogP contribution < -0.4 is 9.80 Å². The number of hydrogen-bond acceptors (Lipinski definition) is 5. The van der Waals surface area contributed by atoms with Crippen LogP contribution in [-0.4, -0.2) is 70.1 Å². The summed E-state index contributed by atoms with van der Waals surface area (Å²) in [4.78, 5) is 4.18. The van der Waals surface area contributed by atoms with E-state index in [2.05, 4.69) is 133 Å². The molecule has 0 amide bonds. The molecular weight excluding hydrogens is 576 g/mol. The van der Waals surface area contributed by atoms with Gasteiger partial charge in [-0.1, -0.05) is 94.7 Å². The van der Waals surface area contributed by atoms with Crippen LogP contribution in [0.2, 0.25) is 0 Å². The van der Waals surface area contributed by atoms with E-state index < -0.39 is 0 Å². The quantitative estimate of drug-likeness (QED) is 0.0694. The second-order valence-electron chi connectivity index (χ2n) is 11.9. The van der Waals surface area contributed by atoms with E-state index in [4.69, 9.17) is 10.2 Å². The molecule has 6 heteroatoms. The molecule has 4 aromatic carbocycles. The Labute approximate surface area is 281 Å². The number of benzene rings is 4. The minimum Gasteiger partial charge on any atom is -0.378 e. The Morgan fingerprint density at radius 3 is 1.57 bits per heavy atom. The van der Waals surface area contributed by atoms with E-state index in [1.54, 1.807) is 0 Å². The molecule has 4 aromatic rings. The second kappa shape index (κ2) is 16.7. The molecule has 0 aliphatic heterocycles. The third-order valence-electron chi connectivity index (χ3n) is 7.70. The van der Waals surface area contributed by atoms with Crippen LogP contribution in [0.3, 0.4) is 0 Å². The summed E-state index contributed by atoms with van der Waals surface area (Å²) >= 11 is 0. The zero-order valence-electron chi connectivity index (χ0n) is 29.0. The first-order chi connectivity index (χ1) is 22.6. The Kier molecular flexibility index (Phi) is 12.2. The van der Waals surface area contributed by atoms with Crippen molar-refractivity contribution < 1.29 is 4.68 Å². The van der Waals surface area contributed by atoms with Gasteiger partial charge in [0.1, 0.15) is 6.21 Å². The lowest BCUT2D eigenvalue weighted by atomic mass is 10.1. The lowest BCUT2D eigenvalue weighted by Gasteiger charge is -2.17. The van der Waals surface area contributed by atoms with E-state index in [9.17, 15) is 0 Å². The predicted molar refractivity (Wildman–Crippen MR) is 203 cm³/mol. The third kappa shape index (κ3) is 10.3. The summed E-state index contributed by atoms with van der Waals surface area (Å²) in [6, 6.07) is 33.7. The second-order valence-corrected chi connectivity index (χ2v) is 11.9. The minimum atomic E-state index is 0.987. The molecule has 6 nitrogen and oxygen atoms in total. The number of nitrogens with zero attached hydrogens (tertiary/aromatic N) is 6. The minimum absolute atomic E-state index is 0.987. The van der Waals surface area contributed by atoms with Crippen molar-refractivity contribution in [1.82, 2.24) is 5.01 Å². The van der Waals surface area contributed by atoms with Crippen molar-refractivity contribution in [2.24, 2.45) is 10.2 Å². The van der Waals surface area contributed by atoms with Crippen molar-refractivity contribution in [3.63, 3.8) is 0 Å². The molecule has 47 heavy (non-hydrogen) atoms. The highest BCUT2D eigenvalue weighted by Crippen LogP contribution is 2.20. The van der Waals surface area contributed by atoms with E-state index in [1.165, 1.54) is 11.1 Å². The maximum atomic E-state index is 4.77. The molecule has 0 N–H and O–H groups in total. The highest BCUT2D eigenvalue weighted by Gasteiger charge is 2.11.